The normalized spacial score (nSPS) is 13.8. The summed E-state index contributed by atoms with van der Waals surface area (Å²) in [7, 11) is 0. The SMILES string of the molecule is CC(C)(C)c1ccc(C=CC(O)Cn2ccnc2)cc1. The molecule has 1 N–H and O–H groups in total. The van der Waals surface area contributed by atoms with E-state index >= 15 is 0 Å². The lowest BCUT2D eigenvalue weighted by molar-refractivity contribution is 0.202. The van der Waals surface area contributed by atoms with Crippen LogP contribution in [0.3, 0.4) is 0 Å². The summed E-state index contributed by atoms with van der Waals surface area (Å²) in [4.78, 5) is 3.95. The lowest BCUT2D eigenvalue weighted by atomic mass is 9.87. The molecular weight excluding hydrogens is 248 g/mol. The summed E-state index contributed by atoms with van der Waals surface area (Å²) >= 11 is 0. The summed E-state index contributed by atoms with van der Waals surface area (Å²) < 4.78 is 1.86. The first-order valence-electron chi connectivity index (χ1n) is 6.88. The van der Waals surface area contributed by atoms with E-state index in [0.29, 0.717) is 6.54 Å². The van der Waals surface area contributed by atoms with E-state index in [2.05, 4.69) is 50.0 Å². The first-order valence-corrected chi connectivity index (χ1v) is 6.88. The van der Waals surface area contributed by atoms with Gasteiger partial charge in [0.1, 0.15) is 0 Å². The van der Waals surface area contributed by atoms with Crippen molar-refractivity contribution in [1.29, 1.82) is 0 Å². The van der Waals surface area contributed by atoms with Gasteiger partial charge in [0.2, 0.25) is 0 Å². The predicted molar refractivity (Wildman–Crippen MR) is 82.4 cm³/mol. The number of nitrogens with zero attached hydrogens (tertiary/aromatic N) is 2. The van der Waals surface area contributed by atoms with E-state index < -0.39 is 6.10 Å². The third kappa shape index (κ3) is 4.07. The second-order valence-electron chi connectivity index (χ2n) is 6.06. The molecule has 0 bridgehead atoms. The molecule has 0 spiro atoms. The summed E-state index contributed by atoms with van der Waals surface area (Å²) in [5.74, 6) is 0. The number of aromatic nitrogens is 2. The van der Waals surface area contributed by atoms with Crippen molar-refractivity contribution in [1.82, 2.24) is 9.55 Å². The third-order valence-corrected chi connectivity index (χ3v) is 3.24. The van der Waals surface area contributed by atoms with E-state index in [1.165, 1.54) is 5.56 Å². The quantitative estimate of drug-likeness (QED) is 0.926. The average molecular weight is 270 g/mol. The van der Waals surface area contributed by atoms with E-state index in [-0.39, 0.29) is 5.41 Å². The molecule has 0 saturated heterocycles. The zero-order valence-electron chi connectivity index (χ0n) is 12.3. The van der Waals surface area contributed by atoms with Gasteiger partial charge in [-0.05, 0) is 16.5 Å². The van der Waals surface area contributed by atoms with Gasteiger partial charge in [0, 0.05) is 12.4 Å². The van der Waals surface area contributed by atoms with Crippen LogP contribution in [-0.2, 0) is 12.0 Å². The van der Waals surface area contributed by atoms with Crippen molar-refractivity contribution < 1.29 is 5.11 Å². The van der Waals surface area contributed by atoms with E-state index in [1.54, 1.807) is 12.5 Å². The molecule has 1 aromatic carbocycles. The highest BCUT2D eigenvalue weighted by Gasteiger charge is 2.12. The maximum atomic E-state index is 9.93. The summed E-state index contributed by atoms with van der Waals surface area (Å²) in [5.41, 5.74) is 2.58. The maximum absolute atomic E-state index is 9.93. The summed E-state index contributed by atoms with van der Waals surface area (Å²) in [6.07, 6.45) is 8.51. The topological polar surface area (TPSA) is 38.0 Å². The molecule has 0 aliphatic carbocycles. The Labute approximate surface area is 120 Å². The minimum absolute atomic E-state index is 0.170. The number of aliphatic hydroxyl groups excluding tert-OH is 1. The summed E-state index contributed by atoms with van der Waals surface area (Å²) in [6, 6.07) is 8.45. The molecule has 3 nitrogen and oxygen atoms in total. The minimum Gasteiger partial charge on any atom is -0.387 e. The monoisotopic (exact) mass is 270 g/mol. The Bertz CT molecular complexity index is 548. The Morgan fingerprint density at radius 3 is 2.50 bits per heavy atom. The van der Waals surface area contributed by atoms with Gasteiger partial charge >= 0.3 is 0 Å². The van der Waals surface area contributed by atoms with E-state index in [9.17, 15) is 5.11 Å². The molecule has 0 amide bonds. The number of rotatable bonds is 4. The van der Waals surface area contributed by atoms with Crippen molar-refractivity contribution in [2.75, 3.05) is 0 Å². The molecule has 2 rings (SSSR count). The lowest BCUT2D eigenvalue weighted by Gasteiger charge is -2.18. The fourth-order valence-corrected chi connectivity index (χ4v) is 1.99. The average Bonchev–Trinajstić information content (AvgIpc) is 2.88. The molecule has 3 heteroatoms. The number of hydrogen-bond donors (Lipinski definition) is 1. The number of imidazole rings is 1. The van der Waals surface area contributed by atoms with Gasteiger partial charge in [0.05, 0.1) is 19.0 Å². The van der Waals surface area contributed by atoms with Crippen LogP contribution in [0.5, 0.6) is 0 Å². The van der Waals surface area contributed by atoms with Crippen LogP contribution in [0.4, 0.5) is 0 Å². The Balaban J connectivity index is 1.97. The van der Waals surface area contributed by atoms with Gasteiger partial charge in [-0.2, -0.15) is 0 Å². The molecule has 20 heavy (non-hydrogen) atoms. The van der Waals surface area contributed by atoms with Crippen molar-refractivity contribution >= 4 is 6.08 Å². The van der Waals surface area contributed by atoms with Crippen LogP contribution in [-0.4, -0.2) is 20.8 Å². The molecule has 2 aromatic rings. The number of hydrogen-bond acceptors (Lipinski definition) is 2. The van der Waals surface area contributed by atoms with Gasteiger partial charge in [0.15, 0.2) is 0 Å². The molecular formula is C17H22N2O. The number of aliphatic hydroxyl groups is 1. The highest BCUT2D eigenvalue weighted by Crippen LogP contribution is 2.22. The van der Waals surface area contributed by atoms with E-state index in [1.807, 2.05) is 22.9 Å². The molecule has 0 saturated carbocycles. The van der Waals surface area contributed by atoms with Crippen molar-refractivity contribution in [2.24, 2.45) is 0 Å². The standard InChI is InChI=1S/C17H22N2O/c1-17(2,3)15-7-4-14(5-8-15)6-9-16(20)12-19-11-10-18-13-19/h4-11,13,16,20H,12H2,1-3H3. The molecule has 1 aromatic heterocycles. The minimum atomic E-state index is -0.508. The van der Waals surface area contributed by atoms with E-state index in [0.717, 1.165) is 5.56 Å². The smallest absolute Gasteiger partial charge is 0.0946 e. The van der Waals surface area contributed by atoms with Crippen molar-refractivity contribution in [3.8, 4) is 0 Å². The van der Waals surface area contributed by atoms with Crippen LogP contribution >= 0.6 is 0 Å². The van der Waals surface area contributed by atoms with Gasteiger partial charge < -0.3 is 9.67 Å². The van der Waals surface area contributed by atoms with Gasteiger partial charge in [-0.3, -0.25) is 0 Å². The molecule has 0 aliphatic heterocycles. The van der Waals surface area contributed by atoms with Crippen LogP contribution in [0, 0.1) is 0 Å². The van der Waals surface area contributed by atoms with Crippen LogP contribution in [0.2, 0.25) is 0 Å². The fraction of sp³-hybridized carbons (Fsp3) is 0.353. The predicted octanol–water partition coefficient (Wildman–Crippen LogP) is 3.25. The van der Waals surface area contributed by atoms with Crippen LogP contribution in [0.1, 0.15) is 31.9 Å². The molecule has 1 atom stereocenters. The summed E-state index contributed by atoms with van der Waals surface area (Å²) in [6.45, 7) is 7.13. The fourth-order valence-electron chi connectivity index (χ4n) is 1.99. The van der Waals surface area contributed by atoms with Gasteiger partial charge in [-0.1, -0.05) is 57.2 Å². The zero-order chi connectivity index (χ0) is 14.6. The largest absolute Gasteiger partial charge is 0.387 e. The first-order chi connectivity index (χ1) is 9.45. The highest BCUT2D eigenvalue weighted by atomic mass is 16.3. The second-order valence-corrected chi connectivity index (χ2v) is 6.06. The summed E-state index contributed by atoms with van der Waals surface area (Å²) in [5, 5.41) is 9.93. The van der Waals surface area contributed by atoms with Crippen molar-refractivity contribution in [3.05, 3.63) is 60.2 Å². The lowest BCUT2D eigenvalue weighted by Crippen LogP contribution is -2.11. The van der Waals surface area contributed by atoms with Crippen LogP contribution in [0.25, 0.3) is 6.08 Å². The number of benzene rings is 1. The maximum Gasteiger partial charge on any atom is 0.0946 e. The molecule has 106 valence electrons. The Morgan fingerprint density at radius 2 is 1.95 bits per heavy atom. The van der Waals surface area contributed by atoms with Crippen LogP contribution < -0.4 is 0 Å². The van der Waals surface area contributed by atoms with Crippen LogP contribution in [0.15, 0.2) is 49.1 Å². The Kier molecular flexibility index (Phi) is 4.40. The van der Waals surface area contributed by atoms with Crippen molar-refractivity contribution in [3.63, 3.8) is 0 Å². The van der Waals surface area contributed by atoms with Gasteiger partial charge in [-0.15, -0.1) is 0 Å². The molecule has 0 fully saturated rings. The van der Waals surface area contributed by atoms with Gasteiger partial charge in [0.25, 0.3) is 0 Å². The van der Waals surface area contributed by atoms with Crippen molar-refractivity contribution in [2.45, 2.75) is 38.8 Å². The Hall–Kier alpha value is -1.87. The van der Waals surface area contributed by atoms with E-state index in [4.69, 9.17) is 0 Å². The molecule has 0 radical (unpaired) electrons. The first kappa shape index (κ1) is 14.5. The molecule has 1 unspecified atom stereocenters. The third-order valence-electron chi connectivity index (χ3n) is 3.24. The zero-order valence-corrected chi connectivity index (χ0v) is 12.3. The molecule has 1 heterocycles. The second kappa shape index (κ2) is 6.06. The Morgan fingerprint density at radius 1 is 1.25 bits per heavy atom. The highest BCUT2D eigenvalue weighted by molar-refractivity contribution is 5.50. The van der Waals surface area contributed by atoms with Gasteiger partial charge in [-0.25, -0.2) is 4.98 Å². The molecule has 0 aliphatic rings.